The van der Waals surface area contributed by atoms with Crippen molar-refractivity contribution in [3.63, 3.8) is 0 Å². The number of ether oxygens (including phenoxy) is 2. The number of halogens is 1. The molecule has 1 aliphatic heterocycles. The minimum Gasteiger partial charge on any atom is -0.507 e. The Bertz CT molecular complexity index is 577. The summed E-state index contributed by atoms with van der Waals surface area (Å²) in [5, 5.41) is 19.5. The zero-order chi connectivity index (χ0) is 14.9. The van der Waals surface area contributed by atoms with Crippen LogP contribution < -0.4 is 0 Å². The standard InChI is InChI=1S/C13H11FO6/c1-19-13(18)10(16)11-9(15)8(12(17)20-11)6-2-4-7(14)5-3-6/h2-5,10-11,15-16H,1H3/t10-,11+/m1/s1. The van der Waals surface area contributed by atoms with Crippen molar-refractivity contribution in [2.75, 3.05) is 7.11 Å². The fourth-order valence-corrected chi connectivity index (χ4v) is 1.82. The fourth-order valence-electron chi connectivity index (χ4n) is 1.82. The highest BCUT2D eigenvalue weighted by Gasteiger charge is 2.42. The van der Waals surface area contributed by atoms with E-state index in [4.69, 9.17) is 4.74 Å². The summed E-state index contributed by atoms with van der Waals surface area (Å²) in [5.74, 6) is -3.07. The molecular weight excluding hydrogens is 271 g/mol. The molecule has 0 aliphatic carbocycles. The van der Waals surface area contributed by atoms with Gasteiger partial charge in [-0.25, -0.2) is 14.0 Å². The smallest absolute Gasteiger partial charge is 0.343 e. The van der Waals surface area contributed by atoms with Crippen LogP contribution in [-0.2, 0) is 19.1 Å². The highest BCUT2D eigenvalue weighted by molar-refractivity contribution is 6.19. The van der Waals surface area contributed by atoms with Crippen molar-refractivity contribution < 1.29 is 33.7 Å². The van der Waals surface area contributed by atoms with E-state index < -0.39 is 35.7 Å². The topological polar surface area (TPSA) is 93.1 Å². The van der Waals surface area contributed by atoms with E-state index in [-0.39, 0.29) is 11.1 Å². The number of esters is 2. The van der Waals surface area contributed by atoms with Crippen LogP contribution in [0.4, 0.5) is 4.39 Å². The summed E-state index contributed by atoms with van der Waals surface area (Å²) in [6, 6.07) is 4.75. The summed E-state index contributed by atoms with van der Waals surface area (Å²) in [5.41, 5.74) is -0.00795. The van der Waals surface area contributed by atoms with Crippen molar-refractivity contribution in [2.45, 2.75) is 12.2 Å². The molecule has 6 nitrogen and oxygen atoms in total. The summed E-state index contributed by atoms with van der Waals surface area (Å²) in [4.78, 5) is 22.9. The van der Waals surface area contributed by atoms with E-state index in [2.05, 4.69) is 4.74 Å². The fraction of sp³-hybridized carbons (Fsp3) is 0.231. The molecule has 20 heavy (non-hydrogen) atoms. The van der Waals surface area contributed by atoms with Crippen molar-refractivity contribution in [3.8, 4) is 0 Å². The molecule has 0 bridgehead atoms. The molecule has 0 amide bonds. The molecule has 0 fully saturated rings. The number of hydrogen-bond acceptors (Lipinski definition) is 6. The van der Waals surface area contributed by atoms with Gasteiger partial charge in [0, 0.05) is 0 Å². The molecule has 1 aliphatic rings. The van der Waals surface area contributed by atoms with Gasteiger partial charge in [-0.05, 0) is 17.7 Å². The number of rotatable bonds is 3. The molecule has 0 unspecified atom stereocenters. The molecule has 1 heterocycles. The largest absolute Gasteiger partial charge is 0.507 e. The number of methoxy groups -OCH3 is 1. The van der Waals surface area contributed by atoms with Crippen LogP contribution in [0.2, 0.25) is 0 Å². The molecular formula is C13H11FO6. The van der Waals surface area contributed by atoms with E-state index in [0.717, 1.165) is 19.2 Å². The normalized spacial score (nSPS) is 19.8. The molecule has 2 rings (SSSR count). The number of benzene rings is 1. The molecule has 1 aromatic rings. The van der Waals surface area contributed by atoms with E-state index >= 15 is 0 Å². The van der Waals surface area contributed by atoms with E-state index in [1.165, 1.54) is 12.1 Å². The van der Waals surface area contributed by atoms with Crippen LogP contribution in [0.15, 0.2) is 30.0 Å². The maximum atomic E-state index is 12.8. The first-order valence-corrected chi connectivity index (χ1v) is 5.61. The van der Waals surface area contributed by atoms with Crippen LogP contribution in [0, 0.1) is 5.82 Å². The van der Waals surface area contributed by atoms with Gasteiger partial charge >= 0.3 is 11.9 Å². The van der Waals surface area contributed by atoms with Crippen LogP contribution in [-0.4, -0.2) is 41.5 Å². The minimum atomic E-state index is -1.83. The molecule has 2 N–H and O–H groups in total. The summed E-state index contributed by atoms with van der Waals surface area (Å²) < 4.78 is 21.9. The quantitative estimate of drug-likeness (QED) is 0.787. The van der Waals surface area contributed by atoms with Crippen LogP contribution in [0.5, 0.6) is 0 Å². The number of aliphatic hydroxyl groups excluding tert-OH is 2. The maximum absolute atomic E-state index is 12.8. The van der Waals surface area contributed by atoms with Crippen LogP contribution in [0.3, 0.4) is 0 Å². The van der Waals surface area contributed by atoms with Gasteiger partial charge in [-0.3, -0.25) is 0 Å². The minimum absolute atomic E-state index is 0.216. The Morgan fingerprint density at radius 3 is 2.55 bits per heavy atom. The van der Waals surface area contributed by atoms with Crippen LogP contribution >= 0.6 is 0 Å². The number of cyclic esters (lactones) is 1. The molecule has 0 aromatic heterocycles. The third kappa shape index (κ3) is 2.35. The summed E-state index contributed by atoms with van der Waals surface area (Å²) in [6.45, 7) is 0. The first kappa shape index (κ1) is 14.0. The van der Waals surface area contributed by atoms with Crippen molar-refractivity contribution >= 4 is 17.5 Å². The second-order valence-corrected chi connectivity index (χ2v) is 4.06. The van der Waals surface area contributed by atoms with Crippen molar-refractivity contribution in [1.29, 1.82) is 0 Å². The van der Waals surface area contributed by atoms with E-state index in [9.17, 15) is 24.2 Å². The van der Waals surface area contributed by atoms with Gasteiger partial charge in [0.1, 0.15) is 11.4 Å². The highest BCUT2D eigenvalue weighted by atomic mass is 19.1. The predicted octanol–water partition coefficient (Wildman–Crippen LogP) is 0.554. The number of hydrogen-bond donors (Lipinski definition) is 2. The maximum Gasteiger partial charge on any atom is 0.343 e. The van der Waals surface area contributed by atoms with Gasteiger partial charge in [0.25, 0.3) is 0 Å². The van der Waals surface area contributed by atoms with Crippen LogP contribution in [0.25, 0.3) is 5.57 Å². The Labute approximate surface area is 113 Å². The first-order chi connectivity index (χ1) is 9.45. The average Bonchev–Trinajstić information content (AvgIpc) is 2.73. The average molecular weight is 282 g/mol. The molecule has 2 atom stereocenters. The zero-order valence-corrected chi connectivity index (χ0v) is 10.4. The molecule has 1 aromatic carbocycles. The van der Waals surface area contributed by atoms with Gasteiger partial charge in [-0.1, -0.05) is 12.1 Å². The first-order valence-electron chi connectivity index (χ1n) is 5.61. The number of aliphatic hydroxyl groups is 2. The number of carbonyl (C=O) groups is 2. The van der Waals surface area contributed by atoms with Crippen molar-refractivity contribution in [1.82, 2.24) is 0 Å². The lowest BCUT2D eigenvalue weighted by molar-refractivity contribution is -0.161. The lowest BCUT2D eigenvalue weighted by Gasteiger charge is -2.14. The van der Waals surface area contributed by atoms with E-state index in [1.807, 2.05) is 0 Å². The second-order valence-electron chi connectivity index (χ2n) is 4.06. The van der Waals surface area contributed by atoms with Gasteiger partial charge in [0.2, 0.25) is 0 Å². The van der Waals surface area contributed by atoms with Gasteiger partial charge < -0.3 is 19.7 Å². The molecule has 0 radical (unpaired) electrons. The molecule has 0 spiro atoms. The summed E-state index contributed by atoms with van der Waals surface area (Å²) >= 11 is 0. The Kier molecular flexibility index (Phi) is 3.71. The Balaban J connectivity index is 2.37. The van der Waals surface area contributed by atoms with Gasteiger partial charge in [0.05, 0.1) is 7.11 Å². The Hall–Kier alpha value is -2.41. The molecule has 7 heteroatoms. The van der Waals surface area contributed by atoms with Crippen LogP contribution in [0.1, 0.15) is 5.56 Å². The second kappa shape index (κ2) is 5.30. The van der Waals surface area contributed by atoms with Gasteiger partial charge in [-0.15, -0.1) is 0 Å². The van der Waals surface area contributed by atoms with Crippen molar-refractivity contribution in [3.05, 3.63) is 41.4 Å². The van der Waals surface area contributed by atoms with Crippen molar-refractivity contribution in [2.24, 2.45) is 0 Å². The highest BCUT2D eigenvalue weighted by Crippen LogP contribution is 2.31. The molecule has 0 saturated heterocycles. The summed E-state index contributed by atoms with van der Waals surface area (Å²) in [7, 11) is 1.05. The lowest BCUT2D eigenvalue weighted by atomic mass is 10.0. The SMILES string of the molecule is COC(=O)[C@H](O)[C@H]1OC(=O)C(c2ccc(F)cc2)=C1O. The van der Waals surface area contributed by atoms with E-state index in [0.29, 0.717) is 0 Å². The monoisotopic (exact) mass is 282 g/mol. The Morgan fingerprint density at radius 2 is 2.00 bits per heavy atom. The third-order valence-electron chi connectivity index (χ3n) is 2.83. The zero-order valence-electron chi connectivity index (χ0n) is 10.4. The molecule has 106 valence electrons. The third-order valence-corrected chi connectivity index (χ3v) is 2.83. The van der Waals surface area contributed by atoms with Gasteiger partial charge in [-0.2, -0.15) is 0 Å². The lowest BCUT2D eigenvalue weighted by Crippen LogP contribution is -2.36. The summed E-state index contributed by atoms with van der Waals surface area (Å²) in [6.07, 6.45) is -3.36. The molecule has 0 saturated carbocycles. The van der Waals surface area contributed by atoms with E-state index in [1.54, 1.807) is 0 Å². The van der Waals surface area contributed by atoms with Gasteiger partial charge in [0.15, 0.2) is 18.0 Å². The Morgan fingerprint density at radius 1 is 1.40 bits per heavy atom. The number of carbonyl (C=O) groups excluding carboxylic acids is 2. The predicted molar refractivity (Wildman–Crippen MR) is 63.9 cm³/mol.